The fourth-order valence-electron chi connectivity index (χ4n) is 1.49. The molecule has 0 aliphatic carbocycles. The molecule has 96 valence electrons. The molecule has 4 nitrogen and oxygen atoms in total. The van der Waals surface area contributed by atoms with Gasteiger partial charge in [0.2, 0.25) is 10.0 Å². The van der Waals surface area contributed by atoms with E-state index in [2.05, 4.69) is 4.72 Å². The van der Waals surface area contributed by atoms with Gasteiger partial charge in [0.1, 0.15) is 0 Å². The Hall–Kier alpha value is -0.910. The lowest BCUT2D eigenvalue weighted by Gasteiger charge is -2.20. The van der Waals surface area contributed by atoms with Crippen molar-refractivity contribution in [2.75, 3.05) is 0 Å². The largest absolute Gasteiger partial charge is 0.326 e. The van der Waals surface area contributed by atoms with Gasteiger partial charge in [0.05, 0.1) is 5.75 Å². The highest BCUT2D eigenvalue weighted by atomic mass is 32.2. The van der Waals surface area contributed by atoms with Gasteiger partial charge in [-0.3, -0.25) is 0 Å². The minimum absolute atomic E-state index is 0.00484. The molecule has 0 spiro atoms. The summed E-state index contributed by atoms with van der Waals surface area (Å²) >= 11 is 0. The van der Waals surface area contributed by atoms with E-state index < -0.39 is 15.6 Å². The Kier molecular flexibility index (Phi) is 4.30. The van der Waals surface area contributed by atoms with E-state index in [1.807, 2.05) is 32.9 Å². The van der Waals surface area contributed by atoms with Crippen molar-refractivity contribution < 1.29 is 8.42 Å². The molecule has 0 unspecified atom stereocenters. The van der Waals surface area contributed by atoms with Gasteiger partial charge in [-0.15, -0.1) is 0 Å². The van der Waals surface area contributed by atoms with Gasteiger partial charge >= 0.3 is 0 Å². The van der Waals surface area contributed by atoms with Crippen molar-refractivity contribution >= 4 is 10.0 Å². The summed E-state index contributed by atoms with van der Waals surface area (Å²) in [4.78, 5) is 0. The maximum absolute atomic E-state index is 11.8. The molecule has 1 aromatic carbocycles. The molecule has 1 rings (SSSR count). The summed E-state index contributed by atoms with van der Waals surface area (Å²) in [5.74, 6) is -0.00484. The minimum Gasteiger partial charge on any atom is -0.326 e. The second-order valence-corrected chi connectivity index (χ2v) is 6.85. The summed E-state index contributed by atoms with van der Waals surface area (Å²) in [6.07, 6.45) is 0. The zero-order chi connectivity index (χ0) is 13.1. The second-order valence-electron chi connectivity index (χ2n) is 5.13. The average Bonchev–Trinajstić information content (AvgIpc) is 2.14. The molecule has 0 aromatic heterocycles. The van der Waals surface area contributed by atoms with Crippen LogP contribution in [0.3, 0.4) is 0 Å². The first kappa shape index (κ1) is 14.2. The van der Waals surface area contributed by atoms with Crippen LogP contribution in [0.25, 0.3) is 0 Å². The zero-order valence-corrected chi connectivity index (χ0v) is 11.3. The molecule has 0 aliphatic heterocycles. The summed E-state index contributed by atoms with van der Waals surface area (Å²) in [5.41, 5.74) is 6.79. The number of nitrogens with one attached hydrogen (secondary N) is 1. The van der Waals surface area contributed by atoms with E-state index in [9.17, 15) is 8.42 Å². The van der Waals surface area contributed by atoms with Crippen molar-refractivity contribution in [1.29, 1.82) is 0 Å². The van der Waals surface area contributed by atoms with Gasteiger partial charge < -0.3 is 5.73 Å². The third-order valence-electron chi connectivity index (χ3n) is 2.08. The Morgan fingerprint density at radius 2 is 1.59 bits per heavy atom. The average molecular weight is 256 g/mol. The third-order valence-corrected chi connectivity index (χ3v) is 3.71. The lowest BCUT2D eigenvalue weighted by atomic mass is 10.1. The molecule has 0 radical (unpaired) electrons. The highest BCUT2D eigenvalue weighted by molar-refractivity contribution is 7.88. The molecule has 3 N–H and O–H groups in total. The van der Waals surface area contributed by atoms with E-state index in [0.717, 1.165) is 11.1 Å². The van der Waals surface area contributed by atoms with Crippen molar-refractivity contribution in [3.63, 3.8) is 0 Å². The molecule has 0 saturated carbocycles. The molecule has 0 aliphatic rings. The topological polar surface area (TPSA) is 72.2 Å². The number of sulfonamides is 1. The van der Waals surface area contributed by atoms with Crippen LogP contribution in [0.1, 0.15) is 31.9 Å². The molecule has 0 heterocycles. The summed E-state index contributed by atoms with van der Waals surface area (Å²) in [6, 6.07) is 7.29. The highest BCUT2D eigenvalue weighted by Gasteiger charge is 2.19. The SMILES string of the molecule is CC(C)(C)NS(=O)(=O)Cc1ccc(CN)cc1. The molecule has 1 aromatic rings. The van der Waals surface area contributed by atoms with Crippen LogP contribution in [0.2, 0.25) is 0 Å². The van der Waals surface area contributed by atoms with E-state index >= 15 is 0 Å². The van der Waals surface area contributed by atoms with Crippen molar-refractivity contribution in [3.05, 3.63) is 35.4 Å². The monoisotopic (exact) mass is 256 g/mol. The zero-order valence-electron chi connectivity index (χ0n) is 10.5. The van der Waals surface area contributed by atoms with Gasteiger partial charge in [0.15, 0.2) is 0 Å². The lowest BCUT2D eigenvalue weighted by molar-refractivity contribution is 0.491. The van der Waals surface area contributed by atoms with Gasteiger partial charge in [-0.05, 0) is 31.9 Å². The third kappa shape index (κ3) is 5.30. The summed E-state index contributed by atoms with van der Waals surface area (Å²) in [6.45, 7) is 5.93. The lowest BCUT2D eigenvalue weighted by Crippen LogP contribution is -2.41. The standard InChI is InChI=1S/C12H20N2O2S/c1-12(2,3)14-17(15,16)9-11-6-4-10(8-13)5-7-11/h4-7,14H,8-9,13H2,1-3H3. The van der Waals surface area contributed by atoms with E-state index in [1.54, 1.807) is 12.1 Å². The summed E-state index contributed by atoms with van der Waals surface area (Å²) in [7, 11) is -3.29. The first-order valence-electron chi connectivity index (χ1n) is 5.51. The van der Waals surface area contributed by atoms with Gasteiger partial charge in [0, 0.05) is 12.1 Å². The summed E-state index contributed by atoms with van der Waals surface area (Å²) in [5, 5.41) is 0. The van der Waals surface area contributed by atoms with Crippen LogP contribution < -0.4 is 10.5 Å². The molecule has 5 heteroatoms. The molecule has 17 heavy (non-hydrogen) atoms. The molecule has 0 amide bonds. The van der Waals surface area contributed by atoms with Crippen LogP contribution in [0.5, 0.6) is 0 Å². The number of rotatable bonds is 4. The molecular formula is C12H20N2O2S. The van der Waals surface area contributed by atoms with Crippen molar-refractivity contribution in [2.24, 2.45) is 5.73 Å². The number of nitrogens with two attached hydrogens (primary N) is 1. The number of hydrogen-bond donors (Lipinski definition) is 2. The second kappa shape index (κ2) is 5.16. The maximum Gasteiger partial charge on any atom is 0.216 e. The van der Waals surface area contributed by atoms with Crippen LogP contribution in [0, 0.1) is 0 Å². The van der Waals surface area contributed by atoms with Crippen LogP contribution >= 0.6 is 0 Å². The molecule has 0 saturated heterocycles. The van der Waals surface area contributed by atoms with Crippen LogP contribution in [0.15, 0.2) is 24.3 Å². The molecular weight excluding hydrogens is 236 g/mol. The van der Waals surface area contributed by atoms with Crippen LogP contribution in [-0.4, -0.2) is 14.0 Å². The molecule has 0 fully saturated rings. The summed E-state index contributed by atoms with van der Waals surface area (Å²) < 4.78 is 26.3. The predicted octanol–water partition coefficient (Wildman–Crippen LogP) is 1.36. The highest BCUT2D eigenvalue weighted by Crippen LogP contribution is 2.10. The van der Waals surface area contributed by atoms with Gasteiger partial charge in [-0.2, -0.15) is 0 Å². The smallest absolute Gasteiger partial charge is 0.216 e. The van der Waals surface area contributed by atoms with Crippen LogP contribution in [0.4, 0.5) is 0 Å². The van der Waals surface area contributed by atoms with Crippen molar-refractivity contribution in [1.82, 2.24) is 4.72 Å². The maximum atomic E-state index is 11.8. The van der Waals surface area contributed by atoms with E-state index in [4.69, 9.17) is 5.73 Å². The molecule has 0 atom stereocenters. The fraction of sp³-hybridized carbons (Fsp3) is 0.500. The Bertz CT molecular complexity index is 458. The van der Waals surface area contributed by atoms with Gasteiger partial charge in [-0.25, -0.2) is 13.1 Å². The predicted molar refractivity (Wildman–Crippen MR) is 69.8 cm³/mol. The Morgan fingerprint density at radius 1 is 1.12 bits per heavy atom. The van der Waals surface area contributed by atoms with Crippen molar-refractivity contribution in [3.8, 4) is 0 Å². The van der Waals surface area contributed by atoms with Gasteiger partial charge in [0.25, 0.3) is 0 Å². The van der Waals surface area contributed by atoms with Gasteiger partial charge in [-0.1, -0.05) is 24.3 Å². The van der Waals surface area contributed by atoms with Crippen LogP contribution in [-0.2, 0) is 22.3 Å². The Morgan fingerprint density at radius 3 is 2.00 bits per heavy atom. The number of hydrogen-bond acceptors (Lipinski definition) is 3. The fourth-order valence-corrected chi connectivity index (χ4v) is 3.13. The molecule has 0 bridgehead atoms. The first-order chi connectivity index (χ1) is 7.72. The number of benzene rings is 1. The Balaban J connectivity index is 2.76. The van der Waals surface area contributed by atoms with E-state index in [-0.39, 0.29) is 5.75 Å². The Labute approximate surface area is 103 Å². The van der Waals surface area contributed by atoms with Crippen molar-refractivity contribution in [2.45, 2.75) is 38.6 Å². The minimum atomic E-state index is -3.29. The quantitative estimate of drug-likeness (QED) is 0.854. The van der Waals surface area contributed by atoms with E-state index in [0.29, 0.717) is 6.54 Å². The normalized spacial score (nSPS) is 12.7. The van der Waals surface area contributed by atoms with E-state index in [1.165, 1.54) is 0 Å². The first-order valence-corrected chi connectivity index (χ1v) is 7.17.